The lowest BCUT2D eigenvalue weighted by Crippen LogP contribution is -2.34. The minimum Gasteiger partial charge on any atom is -0.352 e. The molecule has 4 rings (SSSR count). The average Bonchev–Trinajstić information content (AvgIpc) is 3.33. The molecule has 150 valence electrons. The number of amides is 3. The van der Waals surface area contributed by atoms with Crippen molar-refractivity contribution in [3.05, 3.63) is 70.8 Å². The van der Waals surface area contributed by atoms with Gasteiger partial charge >= 0.3 is 0 Å². The second kappa shape index (κ2) is 8.57. The van der Waals surface area contributed by atoms with Gasteiger partial charge in [-0.1, -0.05) is 36.4 Å². The Labute approximate surface area is 170 Å². The van der Waals surface area contributed by atoms with E-state index < -0.39 is 0 Å². The summed E-state index contributed by atoms with van der Waals surface area (Å²) in [5.41, 5.74) is 3.16. The van der Waals surface area contributed by atoms with Gasteiger partial charge in [0.1, 0.15) is 0 Å². The molecule has 0 radical (unpaired) electrons. The van der Waals surface area contributed by atoms with Crippen LogP contribution in [0.1, 0.15) is 51.1 Å². The van der Waals surface area contributed by atoms with Gasteiger partial charge in [0.2, 0.25) is 5.91 Å². The number of rotatable bonds is 7. The third kappa shape index (κ3) is 4.22. The van der Waals surface area contributed by atoms with Crippen molar-refractivity contribution in [1.29, 1.82) is 0 Å². The molecule has 1 saturated heterocycles. The van der Waals surface area contributed by atoms with E-state index in [0.717, 1.165) is 30.1 Å². The molecule has 0 bridgehead atoms. The molecule has 0 atom stereocenters. The Morgan fingerprint density at radius 2 is 1.45 bits per heavy atom. The van der Waals surface area contributed by atoms with Crippen LogP contribution in [-0.4, -0.2) is 47.2 Å². The molecule has 6 nitrogen and oxygen atoms in total. The summed E-state index contributed by atoms with van der Waals surface area (Å²) < 4.78 is 0. The van der Waals surface area contributed by atoms with E-state index in [1.165, 1.54) is 18.4 Å². The number of fused-ring (bicyclic) bond motifs is 1. The molecule has 0 aromatic heterocycles. The molecule has 2 aromatic rings. The fourth-order valence-corrected chi connectivity index (χ4v) is 4.00. The summed E-state index contributed by atoms with van der Waals surface area (Å²) in [6, 6.07) is 14.9. The van der Waals surface area contributed by atoms with Gasteiger partial charge in [-0.2, -0.15) is 0 Å². The Balaban J connectivity index is 1.30. The van der Waals surface area contributed by atoms with Gasteiger partial charge in [0, 0.05) is 26.1 Å². The fraction of sp³-hybridized carbons (Fsp3) is 0.348. The van der Waals surface area contributed by atoms with E-state index in [2.05, 4.69) is 16.3 Å². The summed E-state index contributed by atoms with van der Waals surface area (Å²) in [5, 5.41) is 2.93. The number of benzene rings is 2. The SMILES string of the molecule is O=C(CCN1C(=O)c2ccccc2C1=O)NCc1ccccc1CN1CCCC1. The predicted molar refractivity (Wildman–Crippen MR) is 109 cm³/mol. The van der Waals surface area contributed by atoms with Gasteiger partial charge in [-0.15, -0.1) is 0 Å². The summed E-state index contributed by atoms with van der Waals surface area (Å²) in [6.45, 7) is 3.70. The number of carbonyl (C=O) groups is 3. The largest absolute Gasteiger partial charge is 0.352 e. The van der Waals surface area contributed by atoms with Crippen molar-refractivity contribution in [2.24, 2.45) is 0 Å². The summed E-state index contributed by atoms with van der Waals surface area (Å²) in [5.74, 6) is -0.818. The van der Waals surface area contributed by atoms with Crippen LogP contribution in [0.4, 0.5) is 0 Å². The monoisotopic (exact) mass is 391 g/mol. The second-order valence-corrected chi connectivity index (χ2v) is 7.59. The zero-order valence-corrected chi connectivity index (χ0v) is 16.4. The summed E-state index contributed by atoms with van der Waals surface area (Å²) in [4.78, 5) is 40.7. The number of nitrogens with zero attached hydrogens (tertiary/aromatic N) is 2. The van der Waals surface area contributed by atoms with Crippen molar-refractivity contribution in [3.63, 3.8) is 0 Å². The van der Waals surface area contributed by atoms with E-state index in [1.807, 2.05) is 18.2 Å². The maximum atomic E-state index is 12.4. The first-order chi connectivity index (χ1) is 14.1. The maximum absolute atomic E-state index is 12.4. The molecule has 1 fully saturated rings. The summed E-state index contributed by atoms with van der Waals surface area (Å²) in [7, 11) is 0. The van der Waals surface area contributed by atoms with Crippen LogP contribution < -0.4 is 5.32 Å². The summed E-state index contributed by atoms with van der Waals surface area (Å²) >= 11 is 0. The molecule has 0 spiro atoms. The van der Waals surface area contributed by atoms with Crippen molar-refractivity contribution < 1.29 is 14.4 Å². The van der Waals surface area contributed by atoms with Crippen LogP contribution in [0.2, 0.25) is 0 Å². The Morgan fingerprint density at radius 3 is 2.10 bits per heavy atom. The number of imide groups is 1. The molecular weight excluding hydrogens is 366 g/mol. The number of nitrogens with one attached hydrogen (secondary N) is 1. The fourth-order valence-electron chi connectivity index (χ4n) is 4.00. The molecular formula is C23H25N3O3. The van der Waals surface area contributed by atoms with E-state index in [-0.39, 0.29) is 30.7 Å². The molecule has 6 heteroatoms. The van der Waals surface area contributed by atoms with Crippen molar-refractivity contribution in [1.82, 2.24) is 15.1 Å². The van der Waals surface area contributed by atoms with Crippen molar-refractivity contribution in [2.75, 3.05) is 19.6 Å². The van der Waals surface area contributed by atoms with Gasteiger partial charge in [0.15, 0.2) is 0 Å². The zero-order valence-electron chi connectivity index (χ0n) is 16.4. The number of hydrogen-bond acceptors (Lipinski definition) is 4. The van der Waals surface area contributed by atoms with Gasteiger partial charge in [0.05, 0.1) is 11.1 Å². The quantitative estimate of drug-likeness (QED) is 0.737. The van der Waals surface area contributed by atoms with E-state index in [4.69, 9.17) is 0 Å². The van der Waals surface area contributed by atoms with Crippen LogP contribution in [0.3, 0.4) is 0 Å². The maximum Gasteiger partial charge on any atom is 0.261 e. The van der Waals surface area contributed by atoms with Crippen molar-refractivity contribution in [3.8, 4) is 0 Å². The first kappa shape index (κ1) is 19.3. The minimum absolute atomic E-state index is 0.0909. The van der Waals surface area contributed by atoms with Gasteiger partial charge in [-0.3, -0.25) is 24.2 Å². The van der Waals surface area contributed by atoms with Crippen LogP contribution in [0, 0.1) is 0 Å². The Morgan fingerprint density at radius 1 is 0.862 bits per heavy atom. The second-order valence-electron chi connectivity index (χ2n) is 7.59. The van der Waals surface area contributed by atoms with E-state index in [0.29, 0.717) is 17.7 Å². The topological polar surface area (TPSA) is 69.7 Å². The first-order valence-corrected chi connectivity index (χ1v) is 10.1. The van der Waals surface area contributed by atoms with Gasteiger partial charge in [-0.25, -0.2) is 0 Å². The number of carbonyl (C=O) groups excluding carboxylic acids is 3. The van der Waals surface area contributed by atoms with Crippen molar-refractivity contribution in [2.45, 2.75) is 32.4 Å². The normalized spacial score (nSPS) is 16.3. The van der Waals surface area contributed by atoms with E-state index in [9.17, 15) is 14.4 Å². The highest BCUT2D eigenvalue weighted by molar-refractivity contribution is 6.21. The van der Waals surface area contributed by atoms with Crippen LogP contribution >= 0.6 is 0 Å². The van der Waals surface area contributed by atoms with E-state index >= 15 is 0 Å². The Bertz CT molecular complexity index is 899. The molecule has 2 aromatic carbocycles. The number of likely N-dealkylation sites (tertiary alicyclic amines) is 1. The smallest absolute Gasteiger partial charge is 0.261 e. The highest BCUT2D eigenvalue weighted by Crippen LogP contribution is 2.22. The number of hydrogen-bond donors (Lipinski definition) is 1. The lowest BCUT2D eigenvalue weighted by molar-refractivity contribution is -0.121. The molecule has 0 saturated carbocycles. The lowest BCUT2D eigenvalue weighted by atomic mass is 10.1. The highest BCUT2D eigenvalue weighted by atomic mass is 16.2. The minimum atomic E-state index is -0.325. The zero-order chi connectivity index (χ0) is 20.2. The standard InChI is InChI=1S/C23H25N3O3/c27-21(11-14-26-22(28)19-9-3-4-10-20(19)23(26)29)24-15-17-7-1-2-8-18(17)16-25-12-5-6-13-25/h1-4,7-10H,5-6,11-16H2,(H,24,27). The van der Waals surface area contributed by atoms with Gasteiger partial charge in [0.25, 0.3) is 11.8 Å². The molecule has 0 unspecified atom stereocenters. The average molecular weight is 391 g/mol. The van der Waals surface area contributed by atoms with Crippen LogP contribution in [-0.2, 0) is 17.9 Å². The molecule has 2 aliphatic rings. The lowest BCUT2D eigenvalue weighted by Gasteiger charge is -2.18. The van der Waals surface area contributed by atoms with Crippen LogP contribution in [0.15, 0.2) is 48.5 Å². The molecule has 0 aliphatic carbocycles. The molecule has 3 amide bonds. The predicted octanol–water partition coefficient (Wildman–Crippen LogP) is 2.58. The highest BCUT2D eigenvalue weighted by Gasteiger charge is 2.34. The summed E-state index contributed by atoms with van der Waals surface area (Å²) in [6.07, 6.45) is 2.59. The van der Waals surface area contributed by atoms with E-state index in [1.54, 1.807) is 24.3 Å². The molecule has 2 heterocycles. The van der Waals surface area contributed by atoms with Crippen LogP contribution in [0.5, 0.6) is 0 Å². The Kier molecular flexibility index (Phi) is 5.71. The molecule has 1 N–H and O–H groups in total. The van der Waals surface area contributed by atoms with Gasteiger partial charge < -0.3 is 5.32 Å². The van der Waals surface area contributed by atoms with Gasteiger partial charge in [-0.05, 0) is 49.2 Å². The third-order valence-electron chi connectivity index (χ3n) is 5.63. The molecule has 2 aliphatic heterocycles. The Hall–Kier alpha value is -2.99. The molecule has 29 heavy (non-hydrogen) atoms. The van der Waals surface area contributed by atoms with Crippen molar-refractivity contribution >= 4 is 17.7 Å². The van der Waals surface area contributed by atoms with Crippen LogP contribution in [0.25, 0.3) is 0 Å². The third-order valence-corrected chi connectivity index (χ3v) is 5.63. The first-order valence-electron chi connectivity index (χ1n) is 10.1.